The third kappa shape index (κ3) is 2.76. The molecule has 2 rings (SSSR count). The highest BCUT2D eigenvalue weighted by Crippen LogP contribution is 2.42. The molecule has 1 heterocycles. The molecule has 1 aliphatic carbocycles. The number of hydrogen-bond donors (Lipinski definition) is 2. The SMILES string of the molecule is COC(=O)C(C)CN(C)C(=O)c1n[nH]c(C2CC2)c1N. The maximum Gasteiger partial charge on any atom is 0.310 e. The molecule has 1 aromatic rings. The number of ether oxygens (including phenoxy) is 1. The van der Waals surface area contributed by atoms with Gasteiger partial charge in [-0.1, -0.05) is 6.92 Å². The largest absolute Gasteiger partial charge is 0.469 e. The molecule has 20 heavy (non-hydrogen) atoms. The van der Waals surface area contributed by atoms with Crippen molar-refractivity contribution in [1.82, 2.24) is 15.1 Å². The fraction of sp³-hybridized carbons (Fsp3) is 0.615. The zero-order valence-electron chi connectivity index (χ0n) is 12.0. The second-order valence-corrected chi connectivity index (χ2v) is 5.28. The van der Waals surface area contributed by atoms with Gasteiger partial charge in [0.2, 0.25) is 0 Å². The van der Waals surface area contributed by atoms with Gasteiger partial charge in [0.1, 0.15) is 0 Å². The highest BCUT2D eigenvalue weighted by molar-refractivity contribution is 5.97. The summed E-state index contributed by atoms with van der Waals surface area (Å²) in [5, 5.41) is 6.86. The topological polar surface area (TPSA) is 101 Å². The van der Waals surface area contributed by atoms with Crippen LogP contribution in [0.4, 0.5) is 5.69 Å². The zero-order chi connectivity index (χ0) is 14.9. The third-order valence-corrected chi connectivity index (χ3v) is 3.52. The van der Waals surface area contributed by atoms with E-state index in [0.717, 1.165) is 18.5 Å². The van der Waals surface area contributed by atoms with Crippen LogP contribution in [-0.4, -0.2) is 47.7 Å². The minimum absolute atomic E-state index is 0.228. The summed E-state index contributed by atoms with van der Waals surface area (Å²) in [6.07, 6.45) is 2.16. The van der Waals surface area contributed by atoms with Crippen LogP contribution in [0.1, 0.15) is 41.9 Å². The van der Waals surface area contributed by atoms with Crippen LogP contribution < -0.4 is 5.73 Å². The fourth-order valence-electron chi connectivity index (χ4n) is 2.16. The van der Waals surface area contributed by atoms with Crippen molar-refractivity contribution in [2.24, 2.45) is 5.92 Å². The molecule has 0 aromatic carbocycles. The van der Waals surface area contributed by atoms with Crippen LogP contribution in [0.25, 0.3) is 0 Å². The zero-order valence-corrected chi connectivity index (χ0v) is 12.0. The number of esters is 1. The smallest absolute Gasteiger partial charge is 0.310 e. The molecule has 1 amide bonds. The molecule has 3 N–H and O–H groups in total. The number of nitrogens with two attached hydrogens (primary N) is 1. The van der Waals surface area contributed by atoms with Crippen molar-refractivity contribution in [1.29, 1.82) is 0 Å². The number of H-pyrrole nitrogens is 1. The Bertz CT molecular complexity index is 522. The van der Waals surface area contributed by atoms with E-state index < -0.39 is 5.92 Å². The molecule has 7 heteroatoms. The maximum absolute atomic E-state index is 12.3. The number of nitrogen functional groups attached to an aromatic ring is 1. The number of rotatable bonds is 5. The van der Waals surface area contributed by atoms with E-state index in [4.69, 9.17) is 5.73 Å². The lowest BCUT2D eigenvalue weighted by atomic mass is 10.1. The first-order chi connectivity index (χ1) is 9.45. The first-order valence-electron chi connectivity index (χ1n) is 6.62. The Morgan fingerprint density at radius 3 is 2.75 bits per heavy atom. The van der Waals surface area contributed by atoms with Crippen molar-refractivity contribution in [3.63, 3.8) is 0 Å². The number of hydrogen-bond acceptors (Lipinski definition) is 5. The molecule has 0 aliphatic heterocycles. The van der Waals surface area contributed by atoms with E-state index in [-0.39, 0.29) is 24.1 Å². The molecule has 110 valence electrons. The normalized spacial score (nSPS) is 15.8. The molecule has 1 fully saturated rings. The van der Waals surface area contributed by atoms with Crippen LogP contribution in [0.3, 0.4) is 0 Å². The Morgan fingerprint density at radius 2 is 2.20 bits per heavy atom. The second-order valence-electron chi connectivity index (χ2n) is 5.28. The average molecular weight is 280 g/mol. The maximum atomic E-state index is 12.3. The Kier molecular flexibility index (Phi) is 3.96. The van der Waals surface area contributed by atoms with Gasteiger partial charge in [0.25, 0.3) is 5.91 Å². The van der Waals surface area contributed by atoms with E-state index in [1.165, 1.54) is 12.0 Å². The summed E-state index contributed by atoms with van der Waals surface area (Å²) >= 11 is 0. The van der Waals surface area contributed by atoms with Crippen LogP contribution in [0.5, 0.6) is 0 Å². The van der Waals surface area contributed by atoms with Gasteiger partial charge in [0.15, 0.2) is 5.69 Å². The highest BCUT2D eigenvalue weighted by atomic mass is 16.5. The summed E-state index contributed by atoms with van der Waals surface area (Å²) in [6, 6.07) is 0. The summed E-state index contributed by atoms with van der Waals surface area (Å²) in [5.74, 6) is -0.625. The van der Waals surface area contributed by atoms with Gasteiger partial charge in [0, 0.05) is 19.5 Å². The Morgan fingerprint density at radius 1 is 1.55 bits per heavy atom. The van der Waals surface area contributed by atoms with E-state index in [9.17, 15) is 9.59 Å². The van der Waals surface area contributed by atoms with Crippen molar-refractivity contribution < 1.29 is 14.3 Å². The molecular weight excluding hydrogens is 260 g/mol. The molecule has 1 aliphatic rings. The van der Waals surface area contributed by atoms with E-state index in [1.54, 1.807) is 14.0 Å². The number of aromatic nitrogens is 2. The minimum atomic E-state index is -0.392. The summed E-state index contributed by atoms with van der Waals surface area (Å²) < 4.78 is 4.64. The van der Waals surface area contributed by atoms with Gasteiger partial charge in [-0.2, -0.15) is 5.10 Å². The molecule has 0 bridgehead atoms. The third-order valence-electron chi connectivity index (χ3n) is 3.52. The van der Waals surface area contributed by atoms with Gasteiger partial charge in [-0.3, -0.25) is 14.7 Å². The van der Waals surface area contributed by atoms with Crippen molar-refractivity contribution >= 4 is 17.6 Å². The summed E-state index contributed by atoms with van der Waals surface area (Å²) in [7, 11) is 2.95. The molecule has 0 saturated heterocycles. The quantitative estimate of drug-likeness (QED) is 0.775. The second kappa shape index (κ2) is 5.52. The predicted octanol–water partition coefficient (Wildman–Crippen LogP) is 0.750. The Hall–Kier alpha value is -2.05. The van der Waals surface area contributed by atoms with Crippen molar-refractivity contribution in [2.75, 3.05) is 26.4 Å². The fourth-order valence-corrected chi connectivity index (χ4v) is 2.16. The average Bonchev–Trinajstić information content (AvgIpc) is 3.20. The van der Waals surface area contributed by atoms with Gasteiger partial charge in [-0.05, 0) is 12.8 Å². The molecule has 0 spiro atoms. The van der Waals surface area contributed by atoms with Gasteiger partial charge < -0.3 is 15.4 Å². The van der Waals surface area contributed by atoms with Crippen molar-refractivity contribution in [3.05, 3.63) is 11.4 Å². The summed E-state index contributed by atoms with van der Waals surface area (Å²) in [5.41, 5.74) is 7.47. The standard InChI is InChI=1S/C13H20N4O3/c1-7(13(19)20-3)6-17(2)12(18)11-9(14)10(15-16-11)8-4-5-8/h7-8H,4-6,14H2,1-3H3,(H,15,16). The number of carbonyl (C=O) groups excluding carboxylic acids is 2. The number of amides is 1. The molecule has 1 saturated carbocycles. The molecule has 1 unspecified atom stereocenters. The van der Waals surface area contributed by atoms with Crippen LogP contribution in [0.2, 0.25) is 0 Å². The summed E-state index contributed by atoms with van der Waals surface area (Å²) in [4.78, 5) is 25.1. The highest BCUT2D eigenvalue weighted by Gasteiger charge is 2.31. The van der Waals surface area contributed by atoms with Gasteiger partial charge >= 0.3 is 5.97 Å². The summed E-state index contributed by atoms with van der Waals surface area (Å²) in [6.45, 7) is 1.97. The molecule has 1 atom stereocenters. The Labute approximate surface area is 117 Å². The lowest BCUT2D eigenvalue weighted by molar-refractivity contribution is -0.145. The van der Waals surface area contributed by atoms with Crippen LogP contribution >= 0.6 is 0 Å². The minimum Gasteiger partial charge on any atom is -0.469 e. The van der Waals surface area contributed by atoms with Crippen LogP contribution in [0.15, 0.2) is 0 Å². The van der Waals surface area contributed by atoms with E-state index in [2.05, 4.69) is 14.9 Å². The number of carbonyl (C=O) groups is 2. The van der Waals surface area contributed by atoms with Gasteiger partial charge in [-0.15, -0.1) is 0 Å². The Balaban J connectivity index is 2.05. The lowest BCUT2D eigenvalue weighted by Crippen LogP contribution is -2.34. The van der Waals surface area contributed by atoms with Crippen LogP contribution in [-0.2, 0) is 9.53 Å². The van der Waals surface area contributed by atoms with Gasteiger partial charge in [-0.25, -0.2) is 0 Å². The number of nitrogens with zero attached hydrogens (tertiary/aromatic N) is 2. The number of aromatic amines is 1. The first kappa shape index (κ1) is 14.4. The van der Waals surface area contributed by atoms with Crippen molar-refractivity contribution in [3.8, 4) is 0 Å². The molecule has 0 radical (unpaired) electrons. The van der Waals surface area contributed by atoms with Gasteiger partial charge in [0.05, 0.1) is 24.4 Å². The van der Waals surface area contributed by atoms with E-state index in [0.29, 0.717) is 11.6 Å². The number of anilines is 1. The van der Waals surface area contributed by atoms with Crippen LogP contribution in [0, 0.1) is 5.92 Å². The monoisotopic (exact) mass is 280 g/mol. The first-order valence-corrected chi connectivity index (χ1v) is 6.62. The molecule has 7 nitrogen and oxygen atoms in total. The predicted molar refractivity (Wildman–Crippen MR) is 73.1 cm³/mol. The van der Waals surface area contributed by atoms with E-state index in [1.807, 2.05) is 0 Å². The molecule has 1 aromatic heterocycles. The number of methoxy groups -OCH3 is 1. The molecular formula is C13H20N4O3. The van der Waals surface area contributed by atoms with Crippen molar-refractivity contribution in [2.45, 2.75) is 25.7 Å². The lowest BCUT2D eigenvalue weighted by Gasteiger charge is -2.19. The van der Waals surface area contributed by atoms with E-state index >= 15 is 0 Å². The number of nitrogens with one attached hydrogen (secondary N) is 1.